The molecule has 0 amide bonds. The predicted octanol–water partition coefficient (Wildman–Crippen LogP) is 5.01. The Morgan fingerprint density at radius 1 is 1.00 bits per heavy atom. The smallest absolute Gasteiger partial charge is 0.339 e. The van der Waals surface area contributed by atoms with Gasteiger partial charge in [-0.25, -0.2) is 4.79 Å². The first-order valence-electron chi connectivity index (χ1n) is 9.09. The second kappa shape index (κ2) is 6.81. The number of alkyl halides is 1. The minimum Gasteiger partial charge on any atom is -0.429 e. The molecule has 26 heavy (non-hydrogen) atoms. The van der Waals surface area contributed by atoms with Gasteiger partial charge in [-0.1, -0.05) is 60.1 Å². The molecule has 3 nitrogen and oxygen atoms in total. The van der Waals surface area contributed by atoms with Crippen LogP contribution in [-0.4, -0.2) is 19.1 Å². The molecule has 0 unspecified atom stereocenters. The number of allylic oxidation sites excluding steroid dienone is 1. The molecule has 2 aromatic carbocycles. The summed E-state index contributed by atoms with van der Waals surface area (Å²) >= 11 is 7.13. The number of para-hydroxylation sites is 1. The molecule has 0 aromatic heterocycles. The summed E-state index contributed by atoms with van der Waals surface area (Å²) in [4.78, 5) is 14.0. The predicted molar refractivity (Wildman–Crippen MR) is 104 cm³/mol. The lowest BCUT2D eigenvalue weighted by Crippen LogP contribution is -2.55. The van der Waals surface area contributed by atoms with E-state index in [2.05, 4.69) is 4.90 Å². The molecular formula is C22H22ClNO2. The molecule has 2 aromatic rings. The minimum absolute atomic E-state index is 0.273. The van der Waals surface area contributed by atoms with E-state index >= 15 is 0 Å². The average Bonchev–Trinajstić information content (AvgIpc) is 2.70. The van der Waals surface area contributed by atoms with E-state index in [-0.39, 0.29) is 12.0 Å². The van der Waals surface area contributed by atoms with Crippen LogP contribution in [0.4, 0.5) is 5.69 Å². The Balaban J connectivity index is 1.89. The van der Waals surface area contributed by atoms with Crippen LogP contribution in [0.15, 0.2) is 72.0 Å². The summed E-state index contributed by atoms with van der Waals surface area (Å²) in [5.74, 6) is 0.444. The van der Waals surface area contributed by atoms with E-state index in [0.717, 1.165) is 48.3 Å². The molecule has 0 radical (unpaired) electrons. The molecule has 4 rings (SSSR count). The van der Waals surface area contributed by atoms with Crippen molar-refractivity contribution in [3.63, 3.8) is 0 Å². The lowest BCUT2D eigenvalue weighted by molar-refractivity contribution is -0.145. The summed E-state index contributed by atoms with van der Waals surface area (Å²) in [5.41, 5.74) is 2.96. The molecule has 4 heteroatoms. The molecule has 0 bridgehead atoms. The molecule has 1 aliphatic heterocycles. The maximum Gasteiger partial charge on any atom is 0.339 e. The van der Waals surface area contributed by atoms with E-state index in [1.807, 2.05) is 67.7 Å². The Morgan fingerprint density at radius 2 is 1.62 bits per heavy atom. The van der Waals surface area contributed by atoms with Crippen LogP contribution in [0.25, 0.3) is 0 Å². The van der Waals surface area contributed by atoms with E-state index in [4.69, 9.17) is 16.3 Å². The van der Waals surface area contributed by atoms with Gasteiger partial charge in [0.1, 0.15) is 5.76 Å². The number of anilines is 1. The van der Waals surface area contributed by atoms with Gasteiger partial charge in [-0.15, -0.1) is 0 Å². The molecule has 0 saturated heterocycles. The van der Waals surface area contributed by atoms with Crippen LogP contribution < -0.4 is 4.90 Å². The lowest BCUT2D eigenvalue weighted by Gasteiger charge is -2.46. The molecule has 0 spiro atoms. The van der Waals surface area contributed by atoms with Crippen molar-refractivity contribution >= 4 is 23.3 Å². The van der Waals surface area contributed by atoms with Gasteiger partial charge in [-0.2, -0.15) is 0 Å². The van der Waals surface area contributed by atoms with Crippen LogP contribution in [0.1, 0.15) is 31.2 Å². The summed E-state index contributed by atoms with van der Waals surface area (Å²) in [6.45, 7) is 0. The zero-order valence-electron chi connectivity index (χ0n) is 14.8. The van der Waals surface area contributed by atoms with Gasteiger partial charge in [0.2, 0.25) is 0 Å². The Hall–Kier alpha value is -2.26. The van der Waals surface area contributed by atoms with Crippen molar-refractivity contribution < 1.29 is 9.53 Å². The summed E-state index contributed by atoms with van der Waals surface area (Å²) in [5, 5.41) is 0. The van der Waals surface area contributed by atoms with Crippen molar-refractivity contribution in [2.75, 3.05) is 11.9 Å². The fourth-order valence-electron chi connectivity index (χ4n) is 4.11. The number of carbonyl (C=O) groups excluding carboxylic acids is 1. The molecule has 1 aliphatic carbocycles. The molecule has 0 saturated carbocycles. The van der Waals surface area contributed by atoms with Crippen LogP contribution in [0.2, 0.25) is 0 Å². The zero-order valence-corrected chi connectivity index (χ0v) is 15.6. The number of likely N-dealkylation sites (N-methyl/N-ethyl adjacent to an activating group) is 1. The van der Waals surface area contributed by atoms with Crippen LogP contribution in [-0.2, 0) is 14.4 Å². The normalized spacial score (nSPS) is 25.5. The van der Waals surface area contributed by atoms with E-state index in [1.165, 1.54) is 0 Å². The summed E-state index contributed by atoms with van der Waals surface area (Å²) in [6, 6.07) is 19.4. The van der Waals surface area contributed by atoms with Crippen LogP contribution >= 0.6 is 11.6 Å². The fraction of sp³-hybridized carbons (Fsp3) is 0.318. The highest BCUT2D eigenvalue weighted by Crippen LogP contribution is 2.48. The van der Waals surface area contributed by atoms with Crippen molar-refractivity contribution in [1.29, 1.82) is 0 Å². The highest BCUT2D eigenvalue weighted by Gasteiger charge is 2.55. The molecule has 1 heterocycles. The van der Waals surface area contributed by atoms with Crippen LogP contribution in [0.5, 0.6) is 0 Å². The number of hydrogen-bond donors (Lipinski definition) is 0. The number of carbonyl (C=O) groups is 1. The van der Waals surface area contributed by atoms with E-state index < -0.39 is 4.87 Å². The third-order valence-corrected chi connectivity index (χ3v) is 6.00. The Morgan fingerprint density at radius 3 is 2.31 bits per heavy atom. The summed E-state index contributed by atoms with van der Waals surface area (Å²) < 4.78 is 5.76. The van der Waals surface area contributed by atoms with Crippen molar-refractivity contribution in [2.24, 2.45) is 0 Å². The Kier molecular flexibility index (Phi) is 4.49. The largest absolute Gasteiger partial charge is 0.429 e. The Bertz CT molecular complexity index is 834. The fourth-order valence-corrected chi connectivity index (χ4v) is 4.56. The van der Waals surface area contributed by atoms with Gasteiger partial charge in [0.15, 0.2) is 4.87 Å². The highest BCUT2D eigenvalue weighted by atomic mass is 35.5. The second-order valence-electron chi connectivity index (χ2n) is 6.97. The summed E-state index contributed by atoms with van der Waals surface area (Å²) in [7, 11) is 2.01. The van der Waals surface area contributed by atoms with Gasteiger partial charge < -0.3 is 9.64 Å². The molecule has 2 atom stereocenters. The van der Waals surface area contributed by atoms with Crippen LogP contribution in [0.3, 0.4) is 0 Å². The SMILES string of the molecule is CN(c1ccccc1)[C@H]1C2=C(CCCC2)OC(=O)[C@]1(Cl)c1ccccc1. The highest BCUT2D eigenvalue weighted by molar-refractivity contribution is 6.35. The van der Waals surface area contributed by atoms with E-state index in [0.29, 0.717) is 0 Å². The number of esters is 1. The number of ether oxygens (including phenoxy) is 1. The standard InChI is InChI=1S/C22H22ClNO2/c1-24(17-12-6-3-7-13-17)20-18-14-8-9-15-19(18)26-21(25)22(20,23)16-10-4-2-5-11-16/h2-7,10-13,20H,8-9,14-15H2,1H3/t20-,22-/m0/s1. The topological polar surface area (TPSA) is 29.5 Å². The maximum absolute atomic E-state index is 13.1. The second-order valence-corrected chi connectivity index (χ2v) is 7.57. The number of halogens is 1. The number of nitrogens with zero attached hydrogens (tertiary/aromatic N) is 1. The minimum atomic E-state index is -1.26. The van der Waals surface area contributed by atoms with Crippen molar-refractivity contribution in [1.82, 2.24) is 0 Å². The molecule has 0 fully saturated rings. The maximum atomic E-state index is 13.1. The van der Waals surface area contributed by atoms with Crippen molar-refractivity contribution in [3.8, 4) is 0 Å². The third kappa shape index (κ3) is 2.71. The first kappa shape index (κ1) is 17.2. The van der Waals surface area contributed by atoms with Gasteiger partial charge in [0.25, 0.3) is 0 Å². The first-order valence-corrected chi connectivity index (χ1v) is 9.46. The number of hydrogen-bond acceptors (Lipinski definition) is 3. The van der Waals surface area contributed by atoms with Gasteiger partial charge in [0.05, 0.1) is 6.04 Å². The molecule has 2 aliphatic rings. The van der Waals surface area contributed by atoms with Gasteiger partial charge >= 0.3 is 5.97 Å². The summed E-state index contributed by atoms with van der Waals surface area (Å²) in [6.07, 6.45) is 3.86. The lowest BCUT2D eigenvalue weighted by atomic mass is 9.78. The molecule has 134 valence electrons. The number of rotatable bonds is 3. The average molecular weight is 368 g/mol. The number of benzene rings is 2. The van der Waals surface area contributed by atoms with E-state index in [9.17, 15) is 4.79 Å². The van der Waals surface area contributed by atoms with Gasteiger partial charge in [-0.3, -0.25) is 0 Å². The van der Waals surface area contributed by atoms with E-state index in [1.54, 1.807) is 0 Å². The Labute approximate surface area is 159 Å². The van der Waals surface area contributed by atoms with Crippen molar-refractivity contribution in [2.45, 2.75) is 36.6 Å². The van der Waals surface area contributed by atoms with Crippen molar-refractivity contribution in [3.05, 3.63) is 77.6 Å². The molecule has 0 N–H and O–H groups in total. The van der Waals surface area contributed by atoms with Crippen LogP contribution in [0, 0.1) is 0 Å². The zero-order chi connectivity index (χ0) is 18.1. The first-order chi connectivity index (χ1) is 12.6. The van der Waals surface area contributed by atoms with Gasteiger partial charge in [-0.05, 0) is 42.5 Å². The monoisotopic (exact) mass is 367 g/mol. The quantitative estimate of drug-likeness (QED) is 0.564. The molecular weight excluding hydrogens is 346 g/mol. The van der Waals surface area contributed by atoms with Gasteiger partial charge in [0, 0.05) is 19.2 Å². The third-order valence-electron chi connectivity index (χ3n) is 5.42.